The molecular weight excluding hydrogens is 442 g/mol. The molecule has 7 nitrogen and oxygen atoms in total. The molecule has 1 fully saturated rings. The zero-order valence-electron chi connectivity index (χ0n) is 20.1. The first-order valence-corrected chi connectivity index (χ1v) is 12.0. The molecule has 2 N–H and O–H groups in total. The van der Waals surface area contributed by atoms with Crippen LogP contribution in [0.3, 0.4) is 0 Å². The summed E-state index contributed by atoms with van der Waals surface area (Å²) in [6.07, 6.45) is 5.43. The number of nitrogens with one attached hydrogen (secondary N) is 2. The largest absolute Gasteiger partial charge is 0.459 e. The fraction of sp³-hybridized carbons (Fsp3) is 0.321. The Kier molecular flexibility index (Phi) is 7.65. The number of hydrogen-bond donors (Lipinski definition) is 2. The van der Waals surface area contributed by atoms with Gasteiger partial charge in [-0.2, -0.15) is 0 Å². The monoisotopic (exact) mass is 473 g/mol. The van der Waals surface area contributed by atoms with E-state index in [1.54, 1.807) is 6.07 Å². The van der Waals surface area contributed by atoms with E-state index < -0.39 is 17.9 Å². The van der Waals surface area contributed by atoms with Crippen molar-refractivity contribution >= 4 is 23.4 Å². The molecule has 0 bridgehead atoms. The second kappa shape index (κ2) is 11.0. The van der Waals surface area contributed by atoms with Crippen molar-refractivity contribution in [2.24, 2.45) is 0 Å². The molecule has 1 unspecified atom stereocenters. The number of aryl methyl sites for hydroxylation is 2. The molecule has 1 atom stereocenters. The second-order valence-electron chi connectivity index (χ2n) is 9.02. The smallest absolute Gasteiger partial charge is 0.287 e. The van der Waals surface area contributed by atoms with Crippen molar-refractivity contribution in [2.45, 2.75) is 51.6 Å². The van der Waals surface area contributed by atoms with E-state index in [4.69, 9.17) is 4.42 Å². The third-order valence-corrected chi connectivity index (χ3v) is 6.35. The molecule has 7 heteroatoms. The number of nitrogens with zero attached hydrogens (tertiary/aromatic N) is 1. The van der Waals surface area contributed by atoms with Gasteiger partial charge in [0.15, 0.2) is 5.76 Å². The molecule has 1 aliphatic rings. The summed E-state index contributed by atoms with van der Waals surface area (Å²) in [5.41, 5.74) is 3.25. The lowest BCUT2D eigenvalue weighted by Crippen LogP contribution is -2.49. The summed E-state index contributed by atoms with van der Waals surface area (Å²) in [6, 6.07) is 17.4. The summed E-state index contributed by atoms with van der Waals surface area (Å²) in [6.45, 7) is 3.61. The van der Waals surface area contributed by atoms with Gasteiger partial charge in [-0.1, -0.05) is 60.9 Å². The van der Waals surface area contributed by atoms with Crippen molar-refractivity contribution in [3.8, 4) is 0 Å². The van der Waals surface area contributed by atoms with E-state index in [1.807, 2.05) is 62.4 Å². The molecule has 4 rings (SSSR count). The number of hydrogen-bond acceptors (Lipinski definition) is 4. The zero-order chi connectivity index (χ0) is 24.8. The Morgan fingerprint density at radius 2 is 1.74 bits per heavy atom. The van der Waals surface area contributed by atoms with Gasteiger partial charge in [-0.3, -0.25) is 19.3 Å². The predicted octanol–water partition coefficient (Wildman–Crippen LogP) is 4.46. The van der Waals surface area contributed by atoms with Crippen LogP contribution in [-0.2, 0) is 9.59 Å². The molecule has 35 heavy (non-hydrogen) atoms. The van der Waals surface area contributed by atoms with Crippen LogP contribution >= 0.6 is 0 Å². The van der Waals surface area contributed by atoms with E-state index in [0.29, 0.717) is 11.3 Å². The summed E-state index contributed by atoms with van der Waals surface area (Å²) in [5.74, 6) is -0.994. The Labute approximate surface area is 205 Å². The van der Waals surface area contributed by atoms with Crippen LogP contribution in [0.25, 0.3) is 0 Å². The van der Waals surface area contributed by atoms with Crippen molar-refractivity contribution in [2.75, 3.05) is 11.4 Å². The highest BCUT2D eigenvalue weighted by molar-refractivity contribution is 6.04. The number of carbonyl (C=O) groups excluding carboxylic acids is 3. The Hall–Kier alpha value is -3.87. The maximum absolute atomic E-state index is 13.7. The third-order valence-electron chi connectivity index (χ3n) is 6.35. The Morgan fingerprint density at radius 1 is 1.00 bits per heavy atom. The quantitative estimate of drug-likeness (QED) is 0.505. The van der Waals surface area contributed by atoms with Gasteiger partial charge in [0, 0.05) is 11.7 Å². The summed E-state index contributed by atoms with van der Waals surface area (Å²) < 4.78 is 5.13. The Balaban J connectivity index is 1.69. The summed E-state index contributed by atoms with van der Waals surface area (Å²) in [7, 11) is 0. The first kappa shape index (κ1) is 24.3. The zero-order valence-corrected chi connectivity index (χ0v) is 20.1. The van der Waals surface area contributed by atoms with Crippen LogP contribution in [0, 0.1) is 13.8 Å². The van der Waals surface area contributed by atoms with Crippen LogP contribution in [0.15, 0.2) is 71.3 Å². The Bertz CT molecular complexity index is 1170. The van der Waals surface area contributed by atoms with Crippen LogP contribution in [0.1, 0.15) is 59.0 Å². The predicted molar refractivity (Wildman–Crippen MR) is 134 cm³/mol. The number of benzene rings is 2. The molecule has 1 heterocycles. The minimum atomic E-state index is -0.883. The molecule has 3 aromatic rings. The summed E-state index contributed by atoms with van der Waals surface area (Å²) in [4.78, 5) is 41.4. The molecule has 1 aromatic heterocycles. The van der Waals surface area contributed by atoms with E-state index in [0.717, 1.165) is 36.8 Å². The van der Waals surface area contributed by atoms with Crippen LogP contribution in [-0.4, -0.2) is 30.3 Å². The van der Waals surface area contributed by atoms with Gasteiger partial charge in [0.2, 0.25) is 11.8 Å². The van der Waals surface area contributed by atoms with Gasteiger partial charge >= 0.3 is 0 Å². The average Bonchev–Trinajstić information content (AvgIpc) is 3.56. The Morgan fingerprint density at radius 3 is 2.40 bits per heavy atom. The first-order valence-electron chi connectivity index (χ1n) is 12.0. The first-order chi connectivity index (χ1) is 16.9. The molecular formula is C28H31N3O4. The number of carbonyl (C=O) groups is 3. The standard InChI is InChI=1S/C28H31N3O4/c1-19-14-15-23(20(2)17-19)31(25(32)18-29-27(33)24-13-8-16-35-24)26(21-9-4-3-5-10-21)28(34)30-22-11-6-7-12-22/h3-5,8-10,13-17,22,26H,6-7,11-12,18H2,1-2H3,(H,29,33)(H,30,34). The van der Waals surface area contributed by atoms with Crippen LogP contribution in [0.5, 0.6) is 0 Å². The molecule has 0 radical (unpaired) electrons. The molecule has 3 amide bonds. The number of furan rings is 1. The van der Waals surface area contributed by atoms with Crippen molar-refractivity contribution in [1.29, 1.82) is 0 Å². The van der Waals surface area contributed by atoms with Gasteiger partial charge < -0.3 is 15.1 Å². The molecule has 182 valence electrons. The summed E-state index contributed by atoms with van der Waals surface area (Å²) in [5, 5.41) is 5.79. The normalized spacial score (nSPS) is 14.3. The number of rotatable bonds is 8. The van der Waals surface area contributed by atoms with E-state index in [9.17, 15) is 14.4 Å². The fourth-order valence-electron chi connectivity index (χ4n) is 4.63. The lowest BCUT2D eigenvalue weighted by atomic mass is 10.0. The van der Waals surface area contributed by atoms with Crippen LogP contribution < -0.4 is 15.5 Å². The van der Waals surface area contributed by atoms with Crippen molar-refractivity contribution in [3.63, 3.8) is 0 Å². The molecule has 1 saturated carbocycles. The molecule has 0 spiro atoms. The van der Waals surface area contributed by atoms with Gasteiger partial charge in [-0.15, -0.1) is 0 Å². The van der Waals surface area contributed by atoms with Gasteiger partial charge in [0.25, 0.3) is 5.91 Å². The minimum Gasteiger partial charge on any atom is -0.459 e. The maximum atomic E-state index is 13.7. The van der Waals surface area contributed by atoms with Crippen molar-refractivity contribution in [3.05, 3.63) is 89.4 Å². The van der Waals surface area contributed by atoms with Crippen molar-refractivity contribution < 1.29 is 18.8 Å². The highest BCUT2D eigenvalue weighted by Crippen LogP contribution is 2.32. The second-order valence-corrected chi connectivity index (χ2v) is 9.02. The van der Waals surface area contributed by atoms with Gasteiger partial charge in [0.1, 0.15) is 6.04 Å². The molecule has 0 saturated heterocycles. The average molecular weight is 474 g/mol. The van der Waals surface area contributed by atoms with Crippen molar-refractivity contribution in [1.82, 2.24) is 10.6 Å². The van der Waals surface area contributed by atoms with Crippen LogP contribution in [0.2, 0.25) is 0 Å². The minimum absolute atomic E-state index is 0.100. The van der Waals surface area contributed by atoms with Gasteiger partial charge in [0.05, 0.1) is 12.8 Å². The fourth-order valence-corrected chi connectivity index (χ4v) is 4.63. The topological polar surface area (TPSA) is 91.7 Å². The maximum Gasteiger partial charge on any atom is 0.287 e. The van der Waals surface area contributed by atoms with E-state index in [1.165, 1.54) is 17.2 Å². The summed E-state index contributed by atoms with van der Waals surface area (Å²) >= 11 is 0. The molecule has 1 aliphatic carbocycles. The van der Waals surface area contributed by atoms with E-state index >= 15 is 0 Å². The highest BCUT2D eigenvalue weighted by atomic mass is 16.3. The SMILES string of the molecule is Cc1ccc(N(C(=O)CNC(=O)c2ccco2)C(C(=O)NC2CCCC2)c2ccccc2)c(C)c1. The lowest BCUT2D eigenvalue weighted by Gasteiger charge is -2.33. The lowest BCUT2D eigenvalue weighted by molar-refractivity contribution is -0.126. The molecule has 0 aliphatic heterocycles. The number of amides is 3. The number of anilines is 1. The third kappa shape index (κ3) is 5.80. The highest BCUT2D eigenvalue weighted by Gasteiger charge is 2.35. The van der Waals surface area contributed by atoms with Gasteiger partial charge in [-0.05, 0) is 56.0 Å². The van der Waals surface area contributed by atoms with E-state index in [2.05, 4.69) is 10.6 Å². The van der Waals surface area contributed by atoms with E-state index in [-0.39, 0.29) is 24.3 Å². The molecule has 2 aromatic carbocycles. The van der Waals surface area contributed by atoms with Gasteiger partial charge in [-0.25, -0.2) is 0 Å². The van der Waals surface area contributed by atoms with Crippen LogP contribution in [0.4, 0.5) is 5.69 Å².